The predicted molar refractivity (Wildman–Crippen MR) is 78.9 cm³/mol. The maximum atomic E-state index is 9.59. The van der Waals surface area contributed by atoms with E-state index < -0.39 is 0 Å². The minimum Gasteiger partial charge on any atom is -0.286 e. The fourth-order valence-electron chi connectivity index (χ4n) is 2.94. The van der Waals surface area contributed by atoms with Crippen LogP contribution in [-0.2, 0) is 6.42 Å². The summed E-state index contributed by atoms with van der Waals surface area (Å²) < 4.78 is 0. The number of hydrogen-bond acceptors (Lipinski definition) is 2. The first-order chi connectivity index (χ1) is 9.15. The average Bonchev–Trinajstić information content (AvgIpc) is 2.47. The van der Waals surface area contributed by atoms with Gasteiger partial charge in [0.05, 0.1) is 6.07 Å². The Morgan fingerprint density at radius 1 is 1.21 bits per heavy atom. The molecule has 0 radical (unpaired) electrons. The van der Waals surface area contributed by atoms with Gasteiger partial charge in [-0.25, -0.2) is 0 Å². The Morgan fingerprint density at radius 3 is 2.53 bits per heavy atom. The Kier molecular flexibility index (Phi) is 4.61. The van der Waals surface area contributed by atoms with E-state index in [1.54, 1.807) is 0 Å². The van der Waals surface area contributed by atoms with E-state index in [2.05, 4.69) is 49.1 Å². The molecule has 1 fully saturated rings. The highest BCUT2D eigenvalue weighted by Crippen LogP contribution is 2.25. The van der Waals surface area contributed by atoms with Gasteiger partial charge in [-0.2, -0.15) is 5.26 Å². The number of likely N-dealkylation sites (tertiary alicyclic amines) is 1. The zero-order valence-corrected chi connectivity index (χ0v) is 12.2. The van der Waals surface area contributed by atoms with E-state index in [1.165, 1.54) is 30.4 Å². The quantitative estimate of drug-likeness (QED) is 0.821. The summed E-state index contributed by atoms with van der Waals surface area (Å²) in [5, 5.41) is 9.59. The van der Waals surface area contributed by atoms with Crippen molar-refractivity contribution in [2.24, 2.45) is 0 Å². The average molecular weight is 256 g/mol. The summed E-state index contributed by atoms with van der Waals surface area (Å²) in [4.78, 5) is 2.38. The summed E-state index contributed by atoms with van der Waals surface area (Å²) >= 11 is 0. The highest BCUT2D eigenvalue weighted by atomic mass is 15.2. The van der Waals surface area contributed by atoms with E-state index in [4.69, 9.17) is 0 Å². The van der Waals surface area contributed by atoms with Crippen LogP contribution in [0.5, 0.6) is 0 Å². The van der Waals surface area contributed by atoms with Crippen LogP contribution in [0.15, 0.2) is 24.3 Å². The summed E-state index contributed by atoms with van der Waals surface area (Å²) in [6.45, 7) is 6.42. The molecule has 0 aliphatic carbocycles. The van der Waals surface area contributed by atoms with Gasteiger partial charge >= 0.3 is 0 Å². The Labute approximate surface area is 117 Å². The van der Waals surface area contributed by atoms with Crippen molar-refractivity contribution >= 4 is 0 Å². The van der Waals surface area contributed by atoms with E-state index in [9.17, 15) is 5.26 Å². The fourth-order valence-corrected chi connectivity index (χ4v) is 2.94. The lowest BCUT2D eigenvalue weighted by molar-refractivity contribution is 0.117. The molecule has 2 rings (SSSR count). The summed E-state index contributed by atoms with van der Waals surface area (Å²) in [6, 6.07) is 11.1. The van der Waals surface area contributed by atoms with Gasteiger partial charge < -0.3 is 0 Å². The molecule has 0 saturated carbocycles. The second kappa shape index (κ2) is 6.21. The minimum atomic E-state index is -0.303. The van der Waals surface area contributed by atoms with E-state index in [0.717, 1.165) is 25.9 Å². The Balaban J connectivity index is 2.02. The smallest absolute Gasteiger partial charge is 0.106 e. The number of nitrogens with zero attached hydrogens (tertiary/aromatic N) is 2. The van der Waals surface area contributed by atoms with Crippen LogP contribution < -0.4 is 0 Å². The molecule has 2 nitrogen and oxygen atoms in total. The van der Waals surface area contributed by atoms with Crippen molar-refractivity contribution in [2.45, 2.75) is 51.5 Å². The third-order valence-electron chi connectivity index (χ3n) is 4.44. The van der Waals surface area contributed by atoms with Crippen LogP contribution in [0, 0.1) is 18.3 Å². The summed E-state index contributed by atoms with van der Waals surface area (Å²) in [6.07, 6.45) is 5.71. The molecule has 0 N–H and O–H groups in total. The van der Waals surface area contributed by atoms with Gasteiger partial charge in [-0.1, -0.05) is 30.7 Å². The summed E-state index contributed by atoms with van der Waals surface area (Å²) in [5.74, 6) is 0. The van der Waals surface area contributed by atoms with Crippen molar-refractivity contribution in [1.82, 2.24) is 4.90 Å². The van der Waals surface area contributed by atoms with Crippen LogP contribution in [0.2, 0.25) is 0 Å². The van der Waals surface area contributed by atoms with E-state index in [-0.39, 0.29) is 5.54 Å². The first-order valence-electron chi connectivity index (χ1n) is 7.36. The molecule has 0 spiro atoms. The lowest BCUT2D eigenvalue weighted by atomic mass is 9.90. The largest absolute Gasteiger partial charge is 0.286 e. The van der Waals surface area contributed by atoms with Gasteiger partial charge in [-0.05, 0) is 63.7 Å². The van der Waals surface area contributed by atoms with Crippen LogP contribution in [-0.4, -0.2) is 23.5 Å². The lowest BCUT2D eigenvalue weighted by Gasteiger charge is -2.38. The number of piperidine rings is 1. The first-order valence-corrected chi connectivity index (χ1v) is 7.36. The van der Waals surface area contributed by atoms with Crippen molar-refractivity contribution in [2.75, 3.05) is 13.1 Å². The molecule has 1 aromatic rings. The fraction of sp³-hybridized carbons (Fsp3) is 0.588. The van der Waals surface area contributed by atoms with Gasteiger partial charge in [0, 0.05) is 0 Å². The molecule has 0 aromatic heterocycles. The molecule has 0 amide bonds. The lowest BCUT2D eigenvalue weighted by Crippen LogP contribution is -2.48. The van der Waals surface area contributed by atoms with Gasteiger partial charge in [0.2, 0.25) is 0 Å². The third-order valence-corrected chi connectivity index (χ3v) is 4.44. The van der Waals surface area contributed by atoms with Gasteiger partial charge in [0.15, 0.2) is 0 Å². The van der Waals surface area contributed by atoms with Crippen LogP contribution in [0.4, 0.5) is 0 Å². The normalized spacial score (nSPS) is 19.6. The monoisotopic (exact) mass is 256 g/mol. The van der Waals surface area contributed by atoms with Crippen LogP contribution in [0.25, 0.3) is 0 Å². The number of nitriles is 1. The van der Waals surface area contributed by atoms with E-state index in [0.29, 0.717) is 0 Å². The van der Waals surface area contributed by atoms with Crippen LogP contribution >= 0.6 is 0 Å². The highest BCUT2D eigenvalue weighted by molar-refractivity contribution is 5.26. The standard InChI is InChI=1S/C17H24N2/c1-15-8-4-5-9-16(15)10-11-17(2,14-18)19-12-6-3-7-13-19/h4-5,8-9H,3,6-7,10-13H2,1-2H3. The molecule has 0 bridgehead atoms. The molecule has 1 saturated heterocycles. The number of benzene rings is 1. The van der Waals surface area contributed by atoms with Gasteiger partial charge in [-0.15, -0.1) is 0 Å². The Hall–Kier alpha value is -1.33. The minimum absolute atomic E-state index is 0.303. The van der Waals surface area contributed by atoms with Crippen molar-refractivity contribution < 1.29 is 0 Å². The van der Waals surface area contributed by atoms with E-state index in [1.807, 2.05) is 0 Å². The van der Waals surface area contributed by atoms with Crippen molar-refractivity contribution in [3.63, 3.8) is 0 Å². The topological polar surface area (TPSA) is 27.0 Å². The van der Waals surface area contributed by atoms with Crippen molar-refractivity contribution in [1.29, 1.82) is 5.26 Å². The Bertz CT molecular complexity index is 455. The number of aryl methyl sites for hydroxylation is 2. The second-order valence-corrected chi connectivity index (χ2v) is 5.86. The second-order valence-electron chi connectivity index (χ2n) is 5.86. The Morgan fingerprint density at radius 2 is 1.89 bits per heavy atom. The molecule has 1 heterocycles. The maximum Gasteiger partial charge on any atom is 0.106 e. The molecule has 1 aliphatic rings. The van der Waals surface area contributed by atoms with Gasteiger partial charge in [0.25, 0.3) is 0 Å². The molecule has 19 heavy (non-hydrogen) atoms. The summed E-state index contributed by atoms with van der Waals surface area (Å²) in [7, 11) is 0. The van der Waals surface area contributed by atoms with Crippen LogP contribution in [0.3, 0.4) is 0 Å². The zero-order chi connectivity index (χ0) is 13.7. The molecule has 1 unspecified atom stereocenters. The highest BCUT2D eigenvalue weighted by Gasteiger charge is 2.32. The first kappa shape index (κ1) is 14.1. The molecular formula is C17H24N2. The molecule has 1 aromatic carbocycles. The maximum absolute atomic E-state index is 9.59. The molecule has 1 aliphatic heterocycles. The van der Waals surface area contributed by atoms with Crippen LogP contribution in [0.1, 0.15) is 43.7 Å². The molecule has 2 heteroatoms. The third kappa shape index (κ3) is 3.36. The van der Waals surface area contributed by atoms with Gasteiger partial charge in [0.1, 0.15) is 5.54 Å². The predicted octanol–water partition coefficient (Wildman–Crippen LogP) is 3.70. The number of hydrogen-bond donors (Lipinski definition) is 0. The molecular weight excluding hydrogens is 232 g/mol. The molecule has 1 atom stereocenters. The number of rotatable bonds is 4. The van der Waals surface area contributed by atoms with Crippen molar-refractivity contribution in [3.05, 3.63) is 35.4 Å². The van der Waals surface area contributed by atoms with E-state index >= 15 is 0 Å². The zero-order valence-electron chi connectivity index (χ0n) is 12.2. The molecule has 102 valence electrons. The summed E-state index contributed by atoms with van der Waals surface area (Å²) in [5.41, 5.74) is 2.41. The van der Waals surface area contributed by atoms with Crippen molar-refractivity contribution in [3.8, 4) is 6.07 Å². The van der Waals surface area contributed by atoms with Gasteiger partial charge in [-0.3, -0.25) is 4.90 Å². The SMILES string of the molecule is Cc1ccccc1CCC(C)(C#N)N1CCCCC1.